The number of hydrogen-bond acceptors (Lipinski definition) is 2. The predicted molar refractivity (Wildman–Crippen MR) is 83.3 cm³/mol. The molecule has 7 heteroatoms. The molecule has 1 N–H and O–H groups in total. The number of halogens is 4. The van der Waals surface area contributed by atoms with Gasteiger partial charge in [0.1, 0.15) is 18.9 Å². The molecule has 2 aromatic carbocycles. The minimum atomic E-state index is -4.46. The molecule has 122 valence electrons. The van der Waals surface area contributed by atoms with E-state index >= 15 is 0 Å². The van der Waals surface area contributed by atoms with Crippen LogP contribution in [0.3, 0.4) is 0 Å². The van der Waals surface area contributed by atoms with E-state index in [0.717, 1.165) is 10.0 Å². The Balaban J connectivity index is 2.06. The summed E-state index contributed by atoms with van der Waals surface area (Å²) in [6, 6.07) is 13.6. The first kappa shape index (κ1) is 17.3. The lowest BCUT2D eigenvalue weighted by molar-refractivity contribution is -0.123. The maximum absolute atomic E-state index is 12.2. The third-order valence-electron chi connectivity index (χ3n) is 2.86. The molecule has 0 radical (unpaired) electrons. The van der Waals surface area contributed by atoms with Crippen LogP contribution in [0.2, 0.25) is 0 Å². The summed E-state index contributed by atoms with van der Waals surface area (Å²) in [6.07, 6.45) is -4.46. The van der Waals surface area contributed by atoms with Crippen LogP contribution in [0.1, 0.15) is 15.9 Å². The van der Waals surface area contributed by atoms with Crippen LogP contribution >= 0.6 is 15.9 Å². The number of rotatable bonds is 5. The second-order valence-corrected chi connectivity index (χ2v) is 5.63. The van der Waals surface area contributed by atoms with E-state index < -0.39 is 18.6 Å². The Bertz CT molecular complexity index is 689. The molecule has 0 fully saturated rings. The molecular formula is C16H13BrF3NO2. The SMILES string of the molecule is O=C(NCC(F)(F)F)c1ccccc1OCc1cccc(Br)c1. The van der Waals surface area contributed by atoms with Crippen LogP contribution in [-0.4, -0.2) is 18.6 Å². The number of para-hydroxylation sites is 1. The van der Waals surface area contributed by atoms with Gasteiger partial charge in [0.05, 0.1) is 5.56 Å². The van der Waals surface area contributed by atoms with E-state index in [4.69, 9.17) is 4.74 Å². The summed E-state index contributed by atoms with van der Waals surface area (Å²) in [6.45, 7) is -1.19. The Morgan fingerprint density at radius 1 is 1.13 bits per heavy atom. The summed E-state index contributed by atoms with van der Waals surface area (Å²) in [5.74, 6) is -0.598. The van der Waals surface area contributed by atoms with E-state index in [1.807, 2.05) is 29.6 Å². The zero-order chi connectivity index (χ0) is 16.9. The van der Waals surface area contributed by atoms with Gasteiger partial charge in [0, 0.05) is 4.47 Å². The second-order valence-electron chi connectivity index (χ2n) is 4.71. The van der Waals surface area contributed by atoms with E-state index in [0.29, 0.717) is 0 Å². The lowest BCUT2D eigenvalue weighted by Crippen LogP contribution is -2.33. The third-order valence-corrected chi connectivity index (χ3v) is 3.36. The molecule has 0 aliphatic rings. The fourth-order valence-corrected chi connectivity index (χ4v) is 2.29. The number of carbonyl (C=O) groups is 1. The largest absolute Gasteiger partial charge is 0.488 e. The topological polar surface area (TPSA) is 38.3 Å². The van der Waals surface area contributed by atoms with Gasteiger partial charge in [0.15, 0.2) is 0 Å². The molecule has 23 heavy (non-hydrogen) atoms. The van der Waals surface area contributed by atoms with Crippen molar-refractivity contribution in [2.24, 2.45) is 0 Å². The molecule has 0 bridgehead atoms. The fourth-order valence-electron chi connectivity index (χ4n) is 1.84. The lowest BCUT2D eigenvalue weighted by atomic mass is 10.2. The molecule has 0 aliphatic heterocycles. The molecular weight excluding hydrogens is 375 g/mol. The van der Waals surface area contributed by atoms with E-state index in [-0.39, 0.29) is 17.9 Å². The first-order valence-electron chi connectivity index (χ1n) is 6.66. The van der Waals surface area contributed by atoms with Crippen molar-refractivity contribution < 1.29 is 22.7 Å². The van der Waals surface area contributed by atoms with Gasteiger partial charge in [0.2, 0.25) is 0 Å². The van der Waals surface area contributed by atoms with Gasteiger partial charge in [-0.15, -0.1) is 0 Å². The molecule has 0 saturated heterocycles. The van der Waals surface area contributed by atoms with Gasteiger partial charge in [0.25, 0.3) is 5.91 Å². The number of nitrogens with one attached hydrogen (secondary N) is 1. The number of carbonyl (C=O) groups excluding carboxylic acids is 1. The van der Waals surface area contributed by atoms with Crippen molar-refractivity contribution in [3.8, 4) is 5.75 Å². The number of hydrogen-bond donors (Lipinski definition) is 1. The number of amides is 1. The summed E-state index contributed by atoms with van der Waals surface area (Å²) in [4.78, 5) is 11.9. The summed E-state index contributed by atoms with van der Waals surface area (Å²) < 4.78 is 43.0. The van der Waals surface area contributed by atoms with Gasteiger partial charge in [-0.1, -0.05) is 40.2 Å². The van der Waals surface area contributed by atoms with Crippen molar-refractivity contribution in [1.29, 1.82) is 0 Å². The van der Waals surface area contributed by atoms with E-state index in [9.17, 15) is 18.0 Å². The molecule has 0 unspecified atom stereocenters. The van der Waals surface area contributed by atoms with Crippen molar-refractivity contribution >= 4 is 21.8 Å². The fraction of sp³-hybridized carbons (Fsp3) is 0.188. The summed E-state index contributed by atoms with van der Waals surface area (Å²) in [5.41, 5.74) is 0.927. The van der Waals surface area contributed by atoms with Gasteiger partial charge < -0.3 is 10.1 Å². The van der Waals surface area contributed by atoms with Crippen molar-refractivity contribution in [2.45, 2.75) is 12.8 Å². The maximum Gasteiger partial charge on any atom is 0.405 e. The van der Waals surface area contributed by atoms with Crippen molar-refractivity contribution in [3.63, 3.8) is 0 Å². The molecule has 2 aromatic rings. The van der Waals surface area contributed by atoms with Gasteiger partial charge in [-0.05, 0) is 29.8 Å². The quantitative estimate of drug-likeness (QED) is 0.829. The van der Waals surface area contributed by atoms with Crippen LogP contribution in [0.5, 0.6) is 5.75 Å². The van der Waals surface area contributed by atoms with Gasteiger partial charge in [-0.2, -0.15) is 13.2 Å². The van der Waals surface area contributed by atoms with Crippen molar-refractivity contribution in [2.75, 3.05) is 6.54 Å². The molecule has 2 rings (SSSR count). The molecule has 0 atom stereocenters. The normalized spacial score (nSPS) is 11.1. The van der Waals surface area contributed by atoms with Crippen molar-refractivity contribution in [1.82, 2.24) is 5.32 Å². The Morgan fingerprint density at radius 3 is 2.57 bits per heavy atom. The van der Waals surface area contributed by atoms with Crippen LogP contribution < -0.4 is 10.1 Å². The number of ether oxygens (including phenoxy) is 1. The Hall–Kier alpha value is -2.02. The Kier molecular flexibility index (Phi) is 5.65. The predicted octanol–water partition coefficient (Wildman–Crippen LogP) is 4.32. The Labute approximate surface area is 139 Å². The smallest absolute Gasteiger partial charge is 0.405 e. The van der Waals surface area contributed by atoms with E-state index in [1.165, 1.54) is 6.07 Å². The highest BCUT2D eigenvalue weighted by molar-refractivity contribution is 9.10. The minimum Gasteiger partial charge on any atom is -0.488 e. The highest BCUT2D eigenvalue weighted by Gasteiger charge is 2.28. The molecule has 0 aromatic heterocycles. The molecule has 0 spiro atoms. The summed E-state index contributed by atoms with van der Waals surface area (Å²) in [5, 5.41) is 1.84. The summed E-state index contributed by atoms with van der Waals surface area (Å²) >= 11 is 3.34. The number of benzene rings is 2. The van der Waals surface area contributed by atoms with Crippen molar-refractivity contribution in [3.05, 3.63) is 64.1 Å². The first-order chi connectivity index (χ1) is 10.8. The standard InChI is InChI=1S/C16H13BrF3NO2/c17-12-5-3-4-11(8-12)9-23-14-7-2-1-6-13(14)15(22)21-10-16(18,19)20/h1-8H,9-10H2,(H,21,22). The third kappa shape index (κ3) is 5.59. The van der Waals surface area contributed by atoms with E-state index in [2.05, 4.69) is 15.9 Å². The number of alkyl halides is 3. The van der Waals surface area contributed by atoms with Crippen LogP contribution in [0.15, 0.2) is 53.0 Å². The minimum absolute atomic E-state index is 0.0618. The van der Waals surface area contributed by atoms with Gasteiger partial charge in [-0.3, -0.25) is 4.79 Å². The average Bonchev–Trinajstić information content (AvgIpc) is 2.50. The second kappa shape index (κ2) is 7.50. The molecule has 3 nitrogen and oxygen atoms in total. The maximum atomic E-state index is 12.2. The molecule has 0 heterocycles. The van der Waals surface area contributed by atoms with Gasteiger partial charge in [-0.25, -0.2) is 0 Å². The van der Waals surface area contributed by atoms with Crippen LogP contribution in [-0.2, 0) is 6.61 Å². The first-order valence-corrected chi connectivity index (χ1v) is 7.46. The zero-order valence-electron chi connectivity index (χ0n) is 11.9. The highest BCUT2D eigenvalue weighted by Crippen LogP contribution is 2.21. The lowest BCUT2D eigenvalue weighted by Gasteiger charge is -2.13. The van der Waals surface area contributed by atoms with Crippen LogP contribution in [0, 0.1) is 0 Å². The average molecular weight is 388 g/mol. The molecule has 0 aliphatic carbocycles. The summed E-state index contributed by atoms with van der Waals surface area (Å²) in [7, 11) is 0. The van der Waals surface area contributed by atoms with Gasteiger partial charge >= 0.3 is 6.18 Å². The molecule has 0 saturated carbocycles. The van der Waals surface area contributed by atoms with Crippen LogP contribution in [0.4, 0.5) is 13.2 Å². The Morgan fingerprint density at radius 2 is 1.87 bits per heavy atom. The van der Waals surface area contributed by atoms with Crippen LogP contribution in [0.25, 0.3) is 0 Å². The molecule has 1 amide bonds. The highest BCUT2D eigenvalue weighted by atomic mass is 79.9. The monoisotopic (exact) mass is 387 g/mol. The van der Waals surface area contributed by atoms with E-state index in [1.54, 1.807) is 18.2 Å². The zero-order valence-corrected chi connectivity index (χ0v) is 13.4.